The van der Waals surface area contributed by atoms with Gasteiger partial charge in [0.1, 0.15) is 5.82 Å². The minimum Gasteiger partial charge on any atom is -0.319 e. The summed E-state index contributed by atoms with van der Waals surface area (Å²) in [5.41, 5.74) is 6.44. The van der Waals surface area contributed by atoms with E-state index in [1.54, 1.807) is 18.2 Å². The molecule has 1 nitrogen and oxygen atoms in total. The number of thiophene rings is 1. The van der Waals surface area contributed by atoms with Gasteiger partial charge in [-0.25, -0.2) is 4.39 Å². The van der Waals surface area contributed by atoms with Crippen LogP contribution in [0.25, 0.3) is 0 Å². The molecule has 0 aliphatic heterocycles. The maximum atomic E-state index is 13.6. The van der Waals surface area contributed by atoms with Crippen LogP contribution in [-0.4, -0.2) is 0 Å². The third-order valence-electron chi connectivity index (χ3n) is 2.22. The van der Waals surface area contributed by atoms with Gasteiger partial charge in [-0.3, -0.25) is 0 Å². The molecule has 2 aromatic rings. The summed E-state index contributed by atoms with van der Waals surface area (Å²) in [5, 5.41) is 2.42. The molecule has 0 amide bonds. The van der Waals surface area contributed by atoms with Crippen molar-refractivity contribution >= 4 is 38.9 Å². The molecule has 1 unspecified atom stereocenters. The summed E-state index contributed by atoms with van der Waals surface area (Å²) in [5.74, 6) is -0.319. The van der Waals surface area contributed by atoms with Crippen molar-refractivity contribution in [3.63, 3.8) is 0 Å². The van der Waals surface area contributed by atoms with Crippen molar-refractivity contribution in [1.82, 2.24) is 0 Å². The fourth-order valence-corrected chi connectivity index (χ4v) is 2.99. The van der Waals surface area contributed by atoms with Crippen LogP contribution in [0.5, 0.6) is 0 Å². The largest absolute Gasteiger partial charge is 0.319 e. The summed E-state index contributed by atoms with van der Waals surface area (Å²) in [4.78, 5) is 0.777. The van der Waals surface area contributed by atoms with Crippen LogP contribution in [0.15, 0.2) is 34.1 Å². The molecule has 1 atom stereocenters. The van der Waals surface area contributed by atoms with Crippen LogP contribution in [0, 0.1) is 5.82 Å². The van der Waals surface area contributed by atoms with Gasteiger partial charge in [0.15, 0.2) is 0 Å². The highest BCUT2D eigenvalue weighted by Crippen LogP contribution is 2.33. The molecule has 2 N–H and O–H groups in total. The molecule has 1 aromatic carbocycles. The first-order chi connectivity index (χ1) is 7.59. The van der Waals surface area contributed by atoms with Crippen LogP contribution >= 0.6 is 38.9 Å². The van der Waals surface area contributed by atoms with Crippen LogP contribution in [0.1, 0.15) is 16.5 Å². The first kappa shape index (κ1) is 12.0. The minimum absolute atomic E-state index is 0.319. The highest BCUT2D eigenvalue weighted by atomic mass is 79.9. The average molecular weight is 321 g/mol. The van der Waals surface area contributed by atoms with E-state index in [1.807, 2.05) is 5.38 Å². The molecule has 0 fully saturated rings. The quantitative estimate of drug-likeness (QED) is 0.874. The Kier molecular flexibility index (Phi) is 3.64. The monoisotopic (exact) mass is 319 g/mol. The highest BCUT2D eigenvalue weighted by molar-refractivity contribution is 9.10. The summed E-state index contributed by atoms with van der Waals surface area (Å²) in [6.07, 6.45) is 0. The Bertz CT molecular complexity index is 514. The molecule has 1 heterocycles. The van der Waals surface area contributed by atoms with Gasteiger partial charge in [0.05, 0.1) is 11.1 Å². The normalized spacial score (nSPS) is 12.8. The number of hydrogen-bond donors (Lipinski definition) is 1. The third kappa shape index (κ3) is 2.30. The van der Waals surface area contributed by atoms with Crippen LogP contribution in [0.2, 0.25) is 5.02 Å². The number of hydrogen-bond acceptors (Lipinski definition) is 2. The lowest BCUT2D eigenvalue weighted by Gasteiger charge is -2.12. The van der Waals surface area contributed by atoms with Crippen LogP contribution < -0.4 is 5.73 Å². The Morgan fingerprint density at radius 2 is 2.12 bits per heavy atom. The zero-order valence-electron chi connectivity index (χ0n) is 8.08. The van der Waals surface area contributed by atoms with Gasteiger partial charge < -0.3 is 5.73 Å². The van der Waals surface area contributed by atoms with E-state index in [-0.39, 0.29) is 5.82 Å². The van der Waals surface area contributed by atoms with Crippen molar-refractivity contribution in [3.05, 3.63) is 55.4 Å². The Morgan fingerprint density at radius 3 is 2.75 bits per heavy atom. The molecule has 0 radical (unpaired) electrons. The summed E-state index contributed by atoms with van der Waals surface area (Å²) in [6.45, 7) is 0. The number of halogens is 3. The Morgan fingerprint density at radius 1 is 1.38 bits per heavy atom. The Hall–Kier alpha value is -0.420. The van der Waals surface area contributed by atoms with E-state index < -0.39 is 6.04 Å². The lowest BCUT2D eigenvalue weighted by molar-refractivity contribution is 0.600. The van der Waals surface area contributed by atoms with E-state index in [0.29, 0.717) is 10.6 Å². The molecule has 0 bridgehead atoms. The maximum Gasteiger partial charge on any atom is 0.128 e. The Labute approximate surface area is 110 Å². The second kappa shape index (κ2) is 4.84. The first-order valence-electron chi connectivity index (χ1n) is 4.53. The SMILES string of the molecule is NC(c1cc(Br)ccc1F)c1sccc1Cl. The fourth-order valence-electron chi connectivity index (χ4n) is 1.42. The predicted molar refractivity (Wildman–Crippen MR) is 69.5 cm³/mol. The van der Waals surface area contributed by atoms with Crippen LogP contribution in [0.3, 0.4) is 0 Å². The minimum atomic E-state index is -0.523. The van der Waals surface area contributed by atoms with E-state index in [4.69, 9.17) is 17.3 Å². The molecule has 0 aliphatic carbocycles. The molecule has 84 valence electrons. The molecule has 5 heteroatoms. The van der Waals surface area contributed by atoms with Crippen molar-refractivity contribution < 1.29 is 4.39 Å². The standard InChI is InChI=1S/C11H8BrClFNS/c12-6-1-2-9(14)7(5-6)10(15)11-8(13)3-4-16-11/h1-5,10H,15H2. The molecular weight excluding hydrogens is 313 g/mol. The van der Waals surface area contributed by atoms with Crippen LogP contribution in [-0.2, 0) is 0 Å². The number of nitrogens with two attached hydrogens (primary N) is 1. The van der Waals surface area contributed by atoms with Crippen molar-refractivity contribution in [2.24, 2.45) is 5.73 Å². The van der Waals surface area contributed by atoms with Crippen molar-refractivity contribution in [3.8, 4) is 0 Å². The van der Waals surface area contributed by atoms with Gasteiger partial charge in [-0.2, -0.15) is 0 Å². The summed E-state index contributed by atoms with van der Waals surface area (Å²) >= 11 is 10.7. The topological polar surface area (TPSA) is 26.0 Å². The second-order valence-electron chi connectivity index (χ2n) is 3.28. The average Bonchev–Trinajstić information content (AvgIpc) is 2.67. The first-order valence-corrected chi connectivity index (χ1v) is 6.58. The van der Waals surface area contributed by atoms with Crippen molar-refractivity contribution in [2.45, 2.75) is 6.04 Å². The summed E-state index contributed by atoms with van der Waals surface area (Å²) < 4.78 is 14.4. The summed E-state index contributed by atoms with van der Waals surface area (Å²) in [7, 11) is 0. The van der Waals surface area contributed by atoms with Crippen molar-refractivity contribution in [2.75, 3.05) is 0 Å². The zero-order valence-corrected chi connectivity index (χ0v) is 11.2. The van der Waals surface area contributed by atoms with Gasteiger partial charge in [-0.15, -0.1) is 11.3 Å². The molecule has 2 rings (SSSR count). The summed E-state index contributed by atoms with van der Waals surface area (Å²) in [6, 6.07) is 5.94. The highest BCUT2D eigenvalue weighted by Gasteiger charge is 2.17. The van der Waals surface area contributed by atoms with E-state index in [1.165, 1.54) is 17.4 Å². The van der Waals surface area contributed by atoms with Gasteiger partial charge in [-0.05, 0) is 29.6 Å². The van der Waals surface area contributed by atoms with E-state index >= 15 is 0 Å². The number of rotatable bonds is 2. The van der Waals surface area contributed by atoms with E-state index in [2.05, 4.69) is 15.9 Å². The number of benzene rings is 1. The molecule has 16 heavy (non-hydrogen) atoms. The lowest BCUT2D eigenvalue weighted by atomic mass is 10.1. The molecule has 0 spiro atoms. The second-order valence-corrected chi connectivity index (χ2v) is 5.55. The Balaban J connectivity index is 2.45. The third-order valence-corrected chi connectivity index (χ3v) is 4.16. The smallest absolute Gasteiger partial charge is 0.128 e. The maximum absolute atomic E-state index is 13.6. The van der Waals surface area contributed by atoms with Crippen LogP contribution in [0.4, 0.5) is 4.39 Å². The van der Waals surface area contributed by atoms with Gasteiger partial charge in [0.2, 0.25) is 0 Å². The van der Waals surface area contributed by atoms with Gasteiger partial charge in [0.25, 0.3) is 0 Å². The van der Waals surface area contributed by atoms with Gasteiger partial charge in [-0.1, -0.05) is 27.5 Å². The lowest BCUT2D eigenvalue weighted by Crippen LogP contribution is -2.12. The van der Waals surface area contributed by atoms with Gasteiger partial charge in [0, 0.05) is 14.9 Å². The molecular formula is C11H8BrClFNS. The molecule has 1 aromatic heterocycles. The van der Waals surface area contributed by atoms with Crippen molar-refractivity contribution in [1.29, 1.82) is 0 Å². The zero-order chi connectivity index (χ0) is 11.7. The molecule has 0 aliphatic rings. The van der Waals surface area contributed by atoms with E-state index in [9.17, 15) is 4.39 Å². The fraction of sp³-hybridized carbons (Fsp3) is 0.0909. The molecule has 0 saturated carbocycles. The molecule has 0 saturated heterocycles. The van der Waals surface area contributed by atoms with E-state index in [0.717, 1.165) is 9.35 Å². The predicted octanol–water partition coefficient (Wildman–Crippen LogP) is 4.35. The van der Waals surface area contributed by atoms with Gasteiger partial charge >= 0.3 is 0 Å².